The average Bonchev–Trinajstić information content (AvgIpc) is 2.61. The number of allylic oxidation sites excluding steroid dienone is 2. The number of rotatable bonds is 5. The van der Waals surface area contributed by atoms with Crippen LogP contribution >= 0.6 is 0 Å². The molecule has 0 bridgehead atoms. The molecule has 2 rings (SSSR count). The SMILES string of the molecule is N#C/C(=C\C=C\c1ccc(O)c(O)c1)C(=O)NCc1ccc(F)cc1. The zero-order valence-electron chi connectivity index (χ0n) is 13.1. The molecule has 6 heteroatoms. The molecule has 126 valence electrons. The van der Waals surface area contributed by atoms with Crippen LogP contribution in [0.5, 0.6) is 11.5 Å². The molecule has 0 aliphatic heterocycles. The quantitative estimate of drug-likeness (QED) is 0.338. The van der Waals surface area contributed by atoms with Crippen LogP contribution in [0.3, 0.4) is 0 Å². The van der Waals surface area contributed by atoms with Crippen LogP contribution < -0.4 is 5.32 Å². The highest BCUT2D eigenvalue weighted by atomic mass is 19.1. The molecule has 0 aromatic heterocycles. The third kappa shape index (κ3) is 5.22. The summed E-state index contributed by atoms with van der Waals surface area (Å²) in [5.74, 6) is -1.41. The molecule has 0 aliphatic rings. The number of hydrogen-bond donors (Lipinski definition) is 3. The molecule has 0 heterocycles. The summed E-state index contributed by atoms with van der Waals surface area (Å²) in [5.41, 5.74) is 1.21. The van der Waals surface area contributed by atoms with E-state index in [1.54, 1.807) is 30.3 Å². The molecule has 25 heavy (non-hydrogen) atoms. The fourth-order valence-electron chi connectivity index (χ4n) is 1.94. The Kier molecular flexibility index (Phi) is 5.91. The number of hydrogen-bond acceptors (Lipinski definition) is 4. The molecule has 5 nitrogen and oxygen atoms in total. The number of nitrogens with one attached hydrogen (secondary N) is 1. The van der Waals surface area contributed by atoms with Crippen molar-refractivity contribution in [1.29, 1.82) is 5.26 Å². The number of benzene rings is 2. The van der Waals surface area contributed by atoms with Gasteiger partial charge in [0.2, 0.25) is 0 Å². The molecule has 0 atom stereocenters. The monoisotopic (exact) mass is 338 g/mol. The lowest BCUT2D eigenvalue weighted by Crippen LogP contribution is -2.23. The fourth-order valence-corrected chi connectivity index (χ4v) is 1.94. The van der Waals surface area contributed by atoms with Crippen molar-refractivity contribution in [3.05, 3.63) is 77.1 Å². The minimum Gasteiger partial charge on any atom is -0.504 e. The van der Waals surface area contributed by atoms with Crippen molar-refractivity contribution in [3.8, 4) is 17.6 Å². The maximum Gasteiger partial charge on any atom is 0.262 e. The number of carbonyl (C=O) groups is 1. The second kappa shape index (κ2) is 8.31. The van der Waals surface area contributed by atoms with E-state index in [9.17, 15) is 19.4 Å². The van der Waals surface area contributed by atoms with E-state index in [4.69, 9.17) is 5.26 Å². The van der Waals surface area contributed by atoms with Crippen molar-refractivity contribution < 1.29 is 19.4 Å². The molecule has 0 fully saturated rings. The number of halogens is 1. The molecule has 0 saturated heterocycles. The summed E-state index contributed by atoms with van der Waals surface area (Å²) in [4.78, 5) is 12.0. The van der Waals surface area contributed by atoms with E-state index in [-0.39, 0.29) is 29.4 Å². The average molecular weight is 338 g/mol. The summed E-state index contributed by atoms with van der Waals surface area (Å²) in [6.45, 7) is 0.174. The molecular weight excluding hydrogens is 323 g/mol. The second-order valence-corrected chi connectivity index (χ2v) is 5.11. The van der Waals surface area contributed by atoms with Crippen LogP contribution in [0.1, 0.15) is 11.1 Å². The largest absolute Gasteiger partial charge is 0.504 e. The van der Waals surface area contributed by atoms with Crippen LogP contribution in [-0.4, -0.2) is 16.1 Å². The molecule has 2 aromatic carbocycles. The first kappa shape index (κ1) is 17.8. The molecule has 0 spiro atoms. The van der Waals surface area contributed by atoms with Gasteiger partial charge in [-0.3, -0.25) is 4.79 Å². The number of nitriles is 1. The lowest BCUT2D eigenvalue weighted by atomic mass is 10.1. The zero-order chi connectivity index (χ0) is 18.2. The van der Waals surface area contributed by atoms with E-state index in [1.807, 2.05) is 0 Å². The first-order chi connectivity index (χ1) is 12.0. The molecule has 0 saturated carbocycles. The molecule has 3 N–H and O–H groups in total. The number of phenols is 2. The lowest BCUT2D eigenvalue weighted by Gasteiger charge is -2.04. The van der Waals surface area contributed by atoms with E-state index in [0.717, 1.165) is 0 Å². The van der Waals surface area contributed by atoms with Crippen LogP contribution in [-0.2, 0) is 11.3 Å². The maximum absolute atomic E-state index is 12.8. The second-order valence-electron chi connectivity index (χ2n) is 5.11. The van der Waals surface area contributed by atoms with Crippen molar-refractivity contribution in [2.24, 2.45) is 0 Å². The summed E-state index contributed by atoms with van der Waals surface area (Å²) < 4.78 is 12.8. The number of phenolic OH excluding ortho intramolecular Hbond substituents is 2. The van der Waals surface area contributed by atoms with Crippen molar-refractivity contribution in [2.45, 2.75) is 6.54 Å². The van der Waals surface area contributed by atoms with E-state index in [0.29, 0.717) is 11.1 Å². The van der Waals surface area contributed by atoms with Gasteiger partial charge in [0.05, 0.1) is 0 Å². The molecule has 0 aliphatic carbocycles. The van der Waals surface area contributed by atoms with Crippen LogP contribution in [0.25, 0.3) is 6.08 Å². The Morgan fingerprint density at radius 1 is 1.16 bits per heavy atom. The van der Waals surface area contributed by atoms with E-state index < -0.39 is 5.91 Å². The van der Waals surface area contributed by atoms with E-state index in [1.165, 1.54) is 36.4 Å². The fraction of sp³-hybridized carbons (Fsp3) is 0.0526. The predicted octanol–water partition coefficient (Wildman–Crippen LogP) is 3.02. The number of carbonyl (C=O) groups excluding carboxylic acids is 1. The number of amides is 1. The van der Waals surface area contributed by atoms with Crippen molar-refractivity contribution in [1.82, 2.24) is 5.32 Å². The summed E-state index contributed by atoms with van der Waals surface area (Å²) in [7, 11) is 0. The smallest absolute Gasteiger partial charge is 0.262 e. The Hall–Kier alpha value is -3.59. The Labute approximate surface area is 144 Å². The summed E-state index contributed by atoms with van der Waals surface area (Å²) in [5, 5.41) is 30.3. The third-order valence-corrected chi connectivity index (χ3v) is 3.28. The Morgan fingerprint density at radius 2 is 1.88 bits per heavy atom. The van der Waals surface area contributed by atoms with Crippen LogP contribution in [0.15, 0.2) is 60.2 Å². The van der Waals surface area contributed by atoms with Gasteiger partial charge in [-0.2, -0.15) is 5.26 Å². The van der Waals surface area contributed by atoms with Gasteiger partial charge in [-0.1, -0.05) is 30.4 Å². The van der Waals surface area contributed by atoms with Crippen LogP contribution in [0.4, 0.5) is 4.39 Å². The first-order valence-electron chi connectivity index (χ1n) is 7.32. The van der Waals surface area contributed by atoms with E-state index >= 15 is 0 Å². The predicted molar refractivity (Wildman–Crippen MR) is 90.7 cm³/mol. The first-order valence-corrected chi connectivity index (χ1v) is 7.32. The van der Waals surface area contributed by atoms with Gasteiger partial charge in [-0.15, -0.1) is 0 Å². The molecular formula is C19H15FN2O3. The Balaban J connectivity index is 1.99. The van der Waals surface area contributed by atoms with Crippen molar-refractivity contribution in [2.75, 3.05) is 0 Å². The highest BCUT2D eigenvalue weighted by Crippen LogP contribution is 2.25. The normalized spacial score (nSPS) is 11.3. The van der Waals surface area contributed by atoms with Gasteiger partial charge >= 0.3 is 0 Å². The van der Waals surface area contributed by atoms with Gasteiger partial charge in [0.1, 0.15) is 17.5 Å². The highest BCUT2D eigenvalue weighted by Gasteiger charge is 2.07. The summed E-state index contributed by atoms with van der Waals surface area (Å²) >= 11 is 0. The van der Waals surface area contributed by atoms with Crippen LogP contribution in [0, 0.1) is 17.1 Å². The topological polar surface area (TPSA) is 93.3 Å². The van der Waals surface area contributed by atoms with Gasteiger partial charge in [-0.05, 0) is 41.5 Å². The molecule has 1 amide bonds. The minimum absolute atomic E-state index is 0.0960. The molecule has 2 aromatic rings. The van der Waals surface area contributed by atoms with Gasteiger partial charge in [0.15, 0.2) is 11.5 Å². The number of nitrogens with zero attached hydrogens (tertiary/aromatic N) is 1. The zero-order valence-corrected chi connectivity index (χ0v) is 13.1. The van der Waals surface area contributed by atoms with E-state index in [2.05, 4.69) is 5.32 Å². The van der Waals surface area contributed by atoms with Crippen molar-refractivity contribution in [3.63, 3.8) is 0 Å². The lowest BCUT2D eigenvalue weighted by molar-refractivity contribution is -0.117. The minimum atomic E-state index is -0.551. The number of aromatic hydroxyl groups is 2. The van der Waals surface area contributed by atoms with Crippen molar-refractivity contribution >= 4 is 12.0 Å². The maximum atomic E-state index is 12.8. The van der Waals surface area contributed by atoms with Gasteiger partial charge in [-0.25, -0.2) is 4.39 Å². The Bertz CT molecular complexity index is 865. The third-order valence-electron chi connectivity index (χ3n) is 3.28. The van der Waals surface area contributed by atoms with Gasteiger partial charge in [0.25, 0.3) is 5.91 Å². The van der Waals surface area contributed by atoms with Gasteiger partial charge in [0, 0.05) is 6.54 Å². The molecule has 0 unspecified atom stereocenters. The highest BCUT2D eigenvalue weighted by molar-refractivity contribution is 5.97. The summed E-state index contributed by atoms with van der Waals surface area (Å²) in [6, 6.07) is 11.7. The summed E-state index contributed by atoms with van der Waals surface area (Å²) in [6.07, 6.45) is 4.40. The van der Waals surface area contributed by atoms with Gasteiger partial charge < -0.3 is 15.5 Å². The molecule has 0 radical (unpaired) electrons. The standard InChI is InChI=1S/C19H15FN2O3/c20-16-7-4-14(5-8-16)12-22-19(25)15(11-21)3-1-2-13-6-9-17(23)18(24)10-13/h1-10,23-24H,12H2,(H,22,25)/b2-1+,15-3+. The Morgan fingerprint density at radius 3 is 2.52 bits per heavy atom. The van der Waals surface area contributed by atoms with Crippen LogP contribution in [0.2, 0.25) is 0 Å².